The Labute approximate surface area is 126 Å². The second-order valence-electron chi connectivity index (χ2n) is 4.91. The summed E-state index contributed by atoms with van der Waals surface area (Å²) in [5, 5.41) is 0.360. The summed E-state index contributed by atoms with van der Waals surface area (Å²) in [6.45, 7) is 5.80. The Morgan fingerprint density at radius 2 is 2.30 bits per heavy atom. The average Bonchev–Trinajstić information content (AvgIpc) is 2.77. The number of rotatable bonds is 5. The van der Waals surface area contributed by atoms with Crippen LogP contribution in [-0.2, 0) is 6.54 Å². The molecule has 0 saturated carbocycles. The molecule has 0 N–H and O–H groups in total. The lowest BCUT2D eigenvalue weighted by Crippen LogP contribution is -2.48. The summed E-state index contributed by atoms with van der Waals surface area (Å²) in [5.74, 6) is 1.04. The number of hydrogen-bond donors (Lipinski definition) is 0. The summed E-state index contributed by atoms with van der Waals surface area (Å²) < 4.78 is 5.60. The summed E-state index contributed by atoms with van der Waals surface area (Å²) in [5.41, 5.74) is 3.05. The molecule has 2 aromatic rings. The molecule has 0 radical (unpaired) electrons. The molecular formula is C13H15ClN4OS. The van der Waals surface area contributed by atoms with Crippen LogP contribution in [0.15, 0.2) is 17.9 Å². The number of nitrogens with zero attached hydrogens (tertiary/aromatic N) is 4. The Balaban J connectivity index is 1.41. The van der Waals surface area contributed by atoms with E-state index in [1.807, 2.05) is 5.51 Å². The van der Waals surface area contributed by atoms with Crippen molar-refractivity contribution >= 4 is 22.9 Å². The predicted molar refractivity (Wildman–Crippen MR) is 78.2 cm³/mol. The monoisotopic (exact) mass is 310 g/mol. The molecule has 0 atom stereocenters. The molecule has 0 amide bonds. The van der Waals surface area contributed by atoms with Gasteiger partial charge in [-0.25, -0.2) is 4.98 Å². The first-order valence-corrected chi connectivity index (χ1v) is 7.68. The molecule has 0 unspecified atom stereocenters. The van der Waals surface area contributed by atoms with E-state index in [1.165, 1.54) is 11.1 Å². The quantitative estimate of drug-likeness (QED) is 0.849. The topological polar surface area (TPSA) is 51.1 Å². The molecule has 1 fully saturated rings. The first kappa shape index (κ1) is 13.7. The van der Waals surface area contributed by atoms with Crippen LogP contribution in [0.2, 0.25) is 5.15 Å². The number of aromatic nitrogens is 3. The minimum Gasteiger partial charge on any atom is -0.476 e. The first-order valence-electron chi connectivity index (χ1n) is 6.42. The van der Waals surface area contributed by atoms with Crippen LogP contribution in [0.4, 0.5) is 0 Å². The number of likely N-dealkylation sites (tertiary alicyclic amines) is 1. The van der Waals surface area contributed by atoms with E-state index < -0.39 is 0 Å². The maximum atomic E-state index is 5.76. The summed E-state index contributed by atoms with van der Waals surface area (Å²) in [7, 11) is 0. The van der Waals surface area contributed by atoms with Gasteiger partial charge in [0, 0.05) is 30.4 Å². The van der Waals surface area contributed by atoms with Crippen LogP contribution < -0.4 is 4.74 Å². The van der Waals surface area contributed by atoms with Gasteiger partial charge in [0.1, 0.15) is 0 Å². The van der Waals surface area contributed by atoms with Gasteiger partial charge in [0.15, 0.2) is 5.15 Å². The molecule has 1 aliphatic rings. The van der Waals surface area contributed by atoms with E-state index in [4.69, 9.17) is 16.3 Å². The van der Waals surface area contributed by atoms with Crippen LogP contribution in [0.25, 0.3) is 0 Å². The lowest BCUT2D eigenvalue weighted by molar-refractivity contribution is 0.0549. The highest BCUT2D eigenvalue weighted by atomic mass is 35.5. The third-order valence-corrected chi connectivity index (χ3v) is 4.40. The number of halogens is 1. The smallest absolute Gasteiger partial charge is 0.233 e. The highest BCUT2D eigenvalue weighted by Gasteiger charge is 2.28. The van der Waals surface area contributed by atoms with Gasteiger partial charge >= 0.3 is 0 Å². The Hall–Kier alpha value is -1.24. The van der Waals surface area contributed by atoms with E-state index in [-0.39, 0.29) is 0 Å². The van der Waals surface area contributed by atoms with Crippen molar-refractivity contribution in [2.75, 3.05) is 19.7 Å². The van der Waals surface area contributed by atoms with Crippen LogP contribution in [-0.4, -0.2) is 39.5 Å². The van der Waals surface area contributed by atoms with E-state index in [2.05, 4.69) is 26.8 Å². The van der Waals surface area contributed by atoms with Crippen LogP contribution in [0.5, 0.6) is 5.88 Å². The van der Waals surface area contributed by atoms with Crippen molar-refractivity contribution in [1.29, 1.82) is 0 Å². The Bertz CT molecular complexity index is 585. The molecule has 2 aromatic heterocycles. The Morgan fingerprint density at radius 1 is 1.45 bits per heavy atom. The van der Waals surface area contributed by atoms with Gasteiger partial charge in [-0.2, -0.15) is 4.98 Å². The molecular weight excluding hydrogens is 296 g/mol. The van der Waals surface area contributed by atoms with Crippen molar-refractivity contribution in [3.8, 4) is 5.88 Å². The van der Waals surface area contributed by atoms with Crippen molar-refractivity contribution in [3.05, 3.63) is 33.6 Å². The lowest BCUT2D eigenvalue weighted by Gasteiger charge is -2.38. The maximum absolute atomic E-state index is 5.76. The number of hydrogen-bond acceptors (Lipinski definition) is 6. The molecule has 3 rings (SSSR count). The standard InChI is InChI=1S/C13H15ClN4OS/c1-9-11(20-8-16-9)6-18-4-10(5-18)7-19-13-3-15-2-12(14)17-13/h2-3,8,10H,4-7H2,1H3. The summed E-state index contributed by atoms with van der Waals surface area (Å²) in [4.78, 5) is 16.0. The molecule has 20 heavy (non-hydrogen) atoms. The summed E-state index contributed by atoms with van der Waals surface area (Å²) in [6.07, 6.45) is 3.08. The van der Waals surface area contributed by atoms with E-state index in [0.717, 1.165) is 25.3 Å². The Kier molecular flexibility index (Phi) is 4.14. The SMILES string of the molecule is Cc1ncsc1CN1CC(COc2cncc(Cl)n2)C1. The largest absolute Gasteiger partial charge is 0.476 e. The second-order valence-corrected chi connectivity index (χ2v) is 6.24. The lowest BCUT2D eigenvalue weighted by atomic mass is 10.0. The number of aryl methyl sites for hydroxylation is 1. The van der Waals surface area contributed by atoms with Crippen molar-refractivity contribution in [1.82, 2.24) is 19.9 Å². The van der Waals surface area contributed by atoms with Crippen molar-refractivity contribution < 1.29 is 4.74 Å². The van der Waals surface area contributed by atoms with Gasteiger partial charge < -0.3 is 4.74 Å². The number of ether oxygens (including phenoxy) is 1. The van der Waals surface area contributed by atoms with E-state index >= 15 is 0 Å². The first-order chi connectivity index (χ1) is 9.70. The zero-order valence-corrected chi connectivity index (χ0v) is 12.7. The van der Waals surface area contributed by atoms with Crippen molar-refractivity contribution in [3.63, 3.8) is 0 Å². The van der Waals surface area contributed by atoms with Gasteiger partial charge in [-0.1, -0.05) is 11.6 Å². The molecule has 3 heterocycles. The molecule has 0 aliphatic carbocycles. The van der Waals surface area contributed by atoms with Gasteiger partial charge in [0.2, 0.25) is 5.88 Å². The molecule has 0 spiro atoms. The number of thiazole rings is 1. The van der Waals surface area contributed by atoms with Crippen LogP contribution in [0.1, 0.15) is 10.6 Å². The summed E-state index contributed by atoms with van der Waals surface area (Å²) >= 11 is 7.48. The molecule has 1 saturated heterocycles. The maximum Gasteiger partial charge on any atom is 0.233 e. The molecule has 1 aliphatic heterocycles. The zero-order chi connectivity index (χ0) is 13.9. The molecule has 0 bridgehead atoms. The predicted octanol–water partition coefficient (Wildman–Crippen LogP) is 2.41. The summed E-state index contributed by atoms with van der Waals surface area (Å²) in [6, 6.07) is 0. The van der Waals surface area contributed by atoms with Gasteiger partial charge in [-0.15, -0.1) is 11.3 Å². The fourth-order valence-electron chi connectivity index (χ4n) is 2.19. The third kappa shape index (κ3) is 3.26. The normalized spacial score (nSPS) is 16.1. The minimum atomic E-state index is 0.360. The van der Waals surface area contributed by atoms with Gasteiger partial charge in [-0.05, 0) is 6.92 Å². The van der Waals surface area contributed by atoms with E-state index in [1.54, 1.807) is 17.5 Å². The molecule has 0 aromatic carbocycles. The van der Waals surface area contributed by atoms with Gasteiger partial charge in [-0.3, -0.25) is 9.88 Å². The van der Waals surface area contributed by atoms with Gasteiger partial charge in [0.05, 0.1) is 30.2 Å². The van der Waals surface area contributed by atoms with Crippen LogP contribution >= 0.6 is 22.9 Å². The van der Waals surface area contributed by atoms with Crippen molar-refractivity contribution in [2.45, 2.75) is 13.5 Å². The van der Waals surface area contributed by atoms with Gasteiger partial charge in [0.25, 0.3) is 0 Å². The van der Waals surface area contributed by atoms with E-state index in [0.29, 0.717) is 23.6 Å². The van der Waals surface area contributed by atoms with Crippen molar-refractivity contribution in [2.24, 2.45) is 5.92 Å². The fraction of sp³-hybridized carbons (Fsp3) is 0.462. The zero-order valence-electron chi connectivity index (χ0n) is 11.1. The Morgan fingerprint density at radius 3 is 3.00 bits per heavy atom. The minimum absolute atomic E-state index is 0.360. The van der Waals surface area contributed by atoms with E-state index in [9.17, 15) is 0 Å². The molecule has 106 valence electrons. The average molecular weight is 311 g/mol. The highest BCUT2D eigenvalue weighted by molar-refractivity contribution is 7.09. The molecule has 5 nitrogen and oxygen atoms in total. The second kappa shape index (κ2) is 6.03. The van der Waals surface area contributed by atoms with Crippen LogP contribution in [0.3, 0.4) is 0 Å². The third-order valence-electron chi connectivity index (χ3n) is 3.29. The fourth-order valence-corrected chi connectivity index (χ4v) is 3.15. The molecule has 7 heteroatoms. The highest BCUT2D eigenvalue weighted by Crippen LogP contribution is 2.22. The van der Waals surface area contributed by atoms with Crippen LogP contribution in [0, 0.1) is 12.8 Å².